The summed E-state index contributed by atoms with van der Waals surface area (Å²) >= 11 is 4.32. The van der Waals surface area contributed by atoms with Gasteiger partial charge in [0.1, 0.15) is 6.54 Å². The Balaban J connectivity index is 2.24. The van der Waals surface area contributed by atoms with Crippen LogP contribution in [0.2, 0.25) is 0 Å². The molecule has 1 heterocycles. The number of hydrogen-bond donors (Lipinski definition) is 1. The molecule has 0 bridgehead atoms. The Hall–Kier alpha value is -2.01. The zero-order chi connectivity index (χ0) is 14.7. The standard InChI is InChI=1S/C9H6BrN5O4S/c10-6-3-5(15(18)19)1-2-7(6)20-9-11-12-13-14(9)4-8(16)17/h1-3H,4H2,(H,16,17). The first-order valence-corrected chi connectivity index (χ1v) is 6.68. The van der Waals surface area contributed by atoms with E-state index in [1.165, 1.54) is 18.2 Å². The number of aliphatic carboxylic acids is 1. The maximum atomic E-state index is 10.6. The molecule has 1 N–H and O–H groups in total. The second-order valence-corrected chi connectivity index (χ2v) is 5.35. The number of carboxylic acid groups (broad SMARTS) is 1. The summed E-state index contributed by atoms with van der Waals surface area (Å²) in [6, 6.07) is 4.23. The lowest BCUT2D eigenvalue weighted by molar-refractivity contribution is -0.385. The van der Waals surface area contributed by atoms with E-state index in [9.17, 15) is 14.9 Å². The average molecular weight is 360 g/mol. The largest absolute Gasteiger partial charge is 0.480 e. The van der Waals surface area contributed by atoms with Crippen LogP contribution in [0.4, 0.5) is 5.69 Å². The number of rotatable bonds is 5. The van der Waals surface area contributed by atoms with E-state index in [0.717, 1.165) is 16.4 Å². The Morgan fingerprint density at radius 1 is 1.55 bits per heavy atom. The molecule has 2 rings (SSSR count). The van der Waals surface area contributed by atoms with Crippen LogP contribution >= 0.6 is 27.7 Å². The number of aromatic nitrogens is 4. The minimum Gasteiger partial charge on any atom is -0.480 e. The van der Waals surface area contributed by atoms with Crippen LogP contribution in [0.3, 0.4) is 0 Å². The molecule has 0 fully saturated rings. The monoisotopic (exact) mass is 359 g/mol. The summed E-state index contributed by atoms with van der Waals surface area (Å²) in [7, 11) is 0. The highest BCUT2D eigenvalue weighted by molar-refractivity contribution is 9.10. The van der Waals surface area contributed by atoms with Crippen molar-refractivity contribution in [3.8, 4) is 0 Å². The van der Waals surface area contributed by atoms with Gasteiger partial charge in [-0.25, -0.2) is 4.68 Å². The molecule has 20 heavy (non-hydrogen) atoms. The highest BCUT2D eigenvalue weighted by Gasteiger charge is 2.15. The normalized spacial score (nSPS) is 10.4. The number of benzene rings is 1. The van der Waals surface area contributed by atoms with Gasteiger partial charge in [0, 0.05) is 21.5 Å². The zero-order valence-electron chi connectivity index (χ0n) is 9.63. The summed E-state index contributed by atoms with van der Waals surface area (Å²) in [6.45, 7) is -0.361. The molecule has 1 aromatic carbocycles. The van der Waals surface area contributed by atoms with Crippen LogP contribution in [0, 0.1) is 10.1 Å². The number of halogens is 1. The van der Waals surface area contributed by atoms with Crippen molar-refractivity contribution in [1.82, 2.24) is 20.2 Å². The van der Waals surface area contributed by atoms with Crippen LogP contribution in [-0.2, 0) is 11.3 Å². The van der Waals surface area contributed by atoms with Gasteiger partial charge in [0.15, 0.2) is 0 Å². The smallest absolute Gasteiger partial charge is 0.325 e. The molecule has 0 aliphatic carbocycles. The van der Waals surface area contributed by atoms with Crippen molar-refractivity contribution in [2.45, 2.75) is 16.6 Å². The van der Waals surface area contributed by atoms with Crippen molar-refractivity contribution >= 4 is 39.3 Å². The molecular weight excluding hydrogens is 354 g/mol. The molecule has 0 aliphatic rings. The summed E-state index contributed by atoms with van der Waals surface area (Å²) in [5, 5.41) is 30.3. The van der Waals surface area contributed by atoms with Gasteiger partial charge in [-0.05, 0) is 44.2 Å². The van der Waals surface area contributed by atoms with Crippen LogP contribution in [0.25, 0.3) is 0 Å². The Morgan fingerprint density at radius 3 is 2.90 bits per heavy atom. The molecule has 9 nitrogen and oxygen atoms in total. The van der Waals surface area contributed by atoms with Crippen LogP contribution in [0.5, 0.6) is 0 Å². The van der Waals surface area contributed by atoms with Crippen LogP contribution < -0.4 is 0 Å². The number of nitrogens with zero attached hydrogens (tertiary/aromatic N) is 5. The van der Waals surface area contributed by atoms with E-state index in [1.807, 2.05) is 0 Å². The van der Waals surface area contributed by atoms with E-state index < -0.39 is 10.9 Å². The first kappa shape index (κ1) is 14.4. The van der Waals surface area contributed by atoms with Crippen molar-refractivity contribution in [2.24, 2.45) is 0 Å². The van der Waals surface area contributed by atoms with E-state index in [1.54, 1.807) is 0 Å². The minimum atomic E-state index is -1.07. The number of nitro groups is 1. The van der Waals surface area contributed by atoms with E-state index in [0.29, 0.717) is 9.37 Å². The third kappa shape index (κ3) is 3.30. The van der Waals surface area contributed by atoms with Gasteiger partial charge in [-0.15, -0.1) is 5.10 Å². The molecule has 0 unspecified atom stereocenters. The Kier molecular flexibility index (Phi) is 4.29. The fourth-order valence-corrected chi connectivity index (χ4v) is 2.66. The van der Waals surface area contributed by atoms with Crippen LogP contribution in [0.1, 0.15) is 0 Å². The molecule has 1 aromatic heterocycles. The Morgan fingerprint density at radius 2 is 2.30 bits per heavy atom. The molecule has 0 amide bonds. The third-order valence-corrected chi connectivity index (χ3v) is 4.08. The Bertz CT molecular complexity index is 676. The van der Waals surface area contributed by atoms with Gasteiger partial charge in [0.25, 0.3) is 5.69 Å². The number of carbonyl (C=O) groups is 1. The van der Waals surface area contributed by atoms with Gasteiger partial charge in [-0.3, -0.25) is 14.9 Å². The molecular formula is C9H6BrN5O4S. The Labute approximate surface area is 124 Å². The van der Waals surface area contributed by atoms with E-state index in [-0.39, 0.29) is 17.4 Å². The number of non-ortho nitro benzene ring substituents is 1. The maximum Gasteiger partial charge on any atom is 0.325 e. The summed E-state index contributed by atoms with van der Waals surface area (Å²) in [6.07, 6.45) is 0. The second-order valence-electron chi connectivity index (χ2n) is 3.49. The number of carboxylic acids is 1. The molecule has 0 saturated heterocycles. The molecule has 0 atom stereocenters. The molecule has 11 heteroatoms. The van der Waals surface area contributed by atoms with Crippen molar-refractivity contribution in [3.63, 3.8) is 0 Å². The topological polar surface area (TPSA) is 124 Å². The van der Waals surface area contributed by atoms with E-state index >= 15 is 0 Å². The fraction of sp³-hybridized carbons (Fsp3) is 0.111. The maximum absolute atomic E-state index is 10.6. The van der Waals surface area contributed by atoms with Gasteiger partial charge in [0.2, 0.25) is 5.16 Å². The number of nitro benzene ring substituents is 1. The first-order chi connectivity index (χ1) is 9.47. The van der Waals surface area contributed by atoms with Crippen molar-refractivity contribution in [3.05, 3.63) is 32.8 Å². The van der Waals surface area contributed by atoms with Gasteiger partial charge >= 0.3 is 5.97 Å². The molecule has 0 radical (unpaired) electrons. The predicted octanol–water partition coefficient (Wildman–Crippen LogP) is 1.58. The molecule has 0 aliphatic heterocycles. The van der Waals surface area contributed by atoms with Crippen LogP contribution in [-0.4, -0.2) is 36.2 Å². The predicted molar refractivity (Wildman–Crippen MR) is 70.4 cm³/mol. The van der Waals surface area contributed by atoms with Gasteiger partial charge in [0.05, 0.1) is 4.92 Å². The van der Waals surface area contributed by atoms with Crippen molar-refractivity contribution in [2.75, 3.05) is 0 Å². The number of hydrogen-bond acceptors (Lipinski definition) is 7. The van der Waals surface area contributed by atoms with Crippen molar-refractivity contribution < 1.29 is 14.8 Å². The van der Waals surface area contributed by atoms with Gasteiger partial charge in [-0.1, -0.05) is 0 Å². The SMILES string of the molecule is O=C(O)Cn1nnnc1Sc1ccc([N+](=O)[O-])cc1Br. The van der Waals surface area contributed by atoms with Gasteiger partial charge < -0.3 is 5.11 Å². The lowest BCUT2D eigenvalue weighted by atomic mass is 10.3. The lowest BCUT2D eigenvalue weighted by Gasteiger charge is -2.03. The summed E-state index contributed by atoms with van der Waals surface area (Å²) in [5.41, 5.74) is -0.0497. The third-order valence-electron chi connectivity index (χ3n) is 2.11. The molecule has 0 saturated carbocycles. The summed E-state index contributed by atoms with van der Waals surface area (Å²) in [4.78, 5) is 21.4. The molecule has 2 aromatic rings. The molecule has 0 spiro atoms. The highest BCUT2D eigenvalue weighted by Crippen LogP contribution is 2.34. The second kappa shape index (κ2) is 5.96. The zero-order valence-corrected chi connectivity index (χ0v) is 12.0. The average Bonchev–Trinajstić information content (AvgIpc) is 2.78. The van der Waals surface area contributed by atoms with Crippen molar-refractivity contribution in [1.29, 1.82) is 0 Å². The quantitative estimate of drug-likeness (QED) is 0.630. The number of tetrazole rings is 1. The van der Waals surface area contributed by atoms with Gasteiger partial charge in [-0.2, -0.15) is 0 Å². The lowest BCUT2D eigenvalue weighted by Crippen LogP contribution is -2.11. The fourth-order valence-electron chi connectivity index (χ4n) is 1.28. The summed E-state index contributed by atoms with van der Waals surface area (Å²) in [5.74, 6) is -1.07. The summed E-state index contributed by atoms with van der Waals surface area (Å²) < 4.78 is 1.63. The van der Waals surface area contributed by atoms with E-state index in [2.05, 4.69) is 31.5 Å². The van der Waals surface area contributed by atoms with Crippen LogP contribution in [0.15, 0.2) is 32.7 Å². The molecule has 104 valence electrons. The van der Waals surface area contributed by atoms with E-state index in [4.69, 9.17) is 5.11 Å². The first-order valence-electron chi connectivity index (χ1n) is 5.07. The highest BCUT2D eigenvalue weighted by atomic mass is 79.9. The minimum absolute atomic E-state index is 0.0497.